The standard InChI is InChI=1S/C15H23N3O4S/c1-11-7-8-12(17-14(19)22-15(2,3)4)9-13(11)23(20,21)16-10-18(5)6/h7-10H,1-6H3,(H,17,19)/b16-10+. The van der Waals surface area contributed by atoms with Gasteiger partial charge >= 0.3 is 6.09 Å². The van der Waals surface area contributed by atoms with Gasteiger partial charge in [0, 0.05) is 19.8 Å². The van der Waals surface area contributed by atoms with E-state index in [1.165, 1.54) is 17.3 Å². The van der Waals surface area contributed by atoms with Crippen molar-refractivity contribution in [1.82, 2.24) is 4.90 Å². The second-order valence-corrected chi connectivity index (χ2v) is 7.87. The SMILES string of the molecule is Cc1ccc(NC(=O)OC(C)(C)C)cc1S(=O)(=O)/N=C/N(C)C. The zero-order valence-electron chi connectivity index (χ0n) is 14.2. The van der Waals surface area contributed by atoms with E-state index in [1.807, 2.05) is 0 Å². The first-order chi connectivity index (χ1) is 10.4. The van der Waals surface area contributed by atoms with Gasteiger partial charge in [-0.15, -0.1) is 4.40 Å². The van der Waals surface area contributed by atoms with Gasteiger partial charge in [-0.05, 0) is 45.4 Å². The Labute approximate surface area is 137 Å². The van der Waals surface area contributed by atoms with E-state index in [9.17, 15) is 13.2 Å². The summed E-state index contributed by atoms with van der Waals surface area (Å²) in [6.07, 6.45) is 0.560. The molecular weight excluding hydrogens is 318 g/mol. The van der Waals surface area contributed by atoms with Gasteiger partial charge in [0.1, 0.15) is 11.9 Å². The lowest BCUT2D eigenvalue weighted by Crippen LogP contribution is -2.27. The Bertz CT molecular complexity index is 704. The molecule has 0 heterocycles. The van der Waals surface area contributed by atoms with E-state index in [1.54, 1.807) is 53.9 Å². The number of sulfonamides is 1. The van der Waals surface area contributed by atoms with E-state index >= 15 is 0 Å². The maximum absolute atomic E-state index is 12.3. The van der Waals surface area contributed by atoms with Gasteiger partial charge in [0.2, 0.25) is 0 Å². The molecule has 0 saturated heterocycles. The van der Waals surface area contributed by atoms with Crippen LogP contribution in [0.4, 0.5) is 10.5 Å². The molecule has 0 fully saturated rings. The zero-order valence-corrected chi connectivity index (χ0v) is 15.1. The van der Waals surface area contributed by atoms with Gasteiger partial charge in [0.05, 0.1) is 4.90 Å². The molecule has 23 heavy (non-hydrogen) atoms. The lowest BCUT2D eigenvalue weighted by molar-refractivity contribution is 0.0636. The van der Waals surface area contributed by atoms with Gasteiger partial charge in [-0.3, -0.25) is 5.32 Å². The largest absolute Gasteiger partial charge is 0.444 e. The molecule has 7 nitrogen and oxygen atoms in total. The number of amides is 1. The summed E-state index contributed by atoms with van der Waals surface area (Å²) < 4.78 is 33.2. The Kier molecular flexibility index (Phi) is 5.76. The Morgan fingerprint density at radius 3 is 2.43 bits per heavy atom. The van der Waals surface area contributed by atoms with Crippen LogP contribution in [0.25, 0.3) is 0 Å². The molecule has 1 aromatic rings. The number of ether oxygens (including phenoxy) is 1. The Morgan fingerprint density at radius 2 is 1.91 bits per heavy atom. The maximum Gasteiger partial charge on any atom is 0.412 e. The second-order valence-electron chi connectivity index (χ2n) is 6.27. The number of nitrogens with zero attached hydrogens (tertiary/aromatic N) is 2. The molecule has 0 radical (unpaired) electrons. The average Bonchev–Trinajstić information content (AvgIpc) is 2.36. The van der Waals surface area contributed by atoms with Crippen molar-refractivity contribution in [2.24, 2.45) is 4.40 Å². The smallest absolute Gasteiger partial charge is 0.412 e. The quantitative estimate of drug-likeness (QED) is 0.672. The summed E-state index contributed by atoms with van der Waals surface area (Å²) in [5.41, 5.74) is 0.221. The number of benzene rings is 1. The van der Waals surface area contributed by atoms with Crippen LogP contribution in [0.2, 0.25) is 0 Å². The lowest BCUT2D eigenvalue weighted by atomic mass is 10.2. The van der Waals surface area contributed by atoms with E-state index in [0.29, 0.717) is 11.3 Å². The molecule has 0 atom stereocenters. The summed E-state index contributed by atoms with van der Waals surface area (Å²) >= 11 is 0. The molecule has 0 aliphatic rings. The third-order valence-electron chi connectivity index (χ3n) is 2.53. The predicted molar refractivity (Wildman–Crippen MR) is 90.4 cm³/mol. The van der Waals surface area contributed by atoms with E-state index < -0.39 is 21.7 Å². The molecule has 8 heteroatoms. The van der Waals surface area contributed by atoms with Gasteiger partial charge in [-0.25, -0.2) is 4.79 Å². The van der Waals surface area contributed by atoms with E-state index in [-0.39, 0.29) is 4.90 Å². The summed E-state index contributed by atoms with van der Waals surface area (Å²) in [4.78, 5) is 13.3. The first-order valence-electron chi connectivity index (χ1n) is 6.98. The molecule has 0 unspecified atom stereocenters. The van der Waals surface area contributed by atoms with Crippen LogP contribution in [-0.4, -0.2) is 45.4 Å². The maximum atomic E-state index is 12.3. The van der Waals surface area contributed by atoms with Crippen molar-refractivity contribution < 1.29 is 17.9 Å². The number of nitrogens with one attached hydrogen (secondary N) is 1. The van der Waals surface area contributed by atoms with Crippen LogP contribution in [0.3, 0.4) is 0 Å². The van der Waals surface area contributed by atoms with Gasteiger partial charge in [0.15, 0.2) is 0 Å². The number of anilines is 1. The molecule has 0 saturated carbocycles. The minimum atomic E-state index is -3.84. The van der Waals surface area contributed by atoms with Crippen LogP contribution >= 0.6 is 0 Å². The van der Waals surface area contributed by atoms with Crippen LogP contribution in [-0.2, 0) is 14.8 Å². The molecule has 1 N–H and O–H groups in total. The first kappa shape index (κ1) is 19.0. The van der Waals surface area contributed by atoms with Crippen molar-refractivity contribution in [3.63, 3.8) is 0 Å². The van der Waals surface area contributed by atoms with E-state index in [0.717, 1.165) is 0 Å². The van der Waals surface area contributed by atoms with E-state index in [4.69, 9.17) is 4.74 Å². The lowest BCUT2D eigenvalue weighted by Gasteiger charge is -2.19. The molecule has 128 valence electrons. The number of aryl methyl sites for hydroxylation is 1. The minimum Gasteiger partial charge on any atom is -0.444 e. The second kappa shape index (κ2) is 6.99. The molecule has 0 spiro atoms. The number of hydrogen-bond donors (Lipinski definition) is 1. The third kappa shape index (κ3) is 6.27. The first-order valence-corrected chi connectivity index (χ1v) is 8.42. The summed E-state index contributed by atoms with van der Waals surface area (Å²) in [6, 6.07) is 4.57. The number of hydrogen-bond acceptors (Lipinski definition) is 4. The van der Waals surface area contributed by atoms with Gasteiger partial charge in [0.25, 0.3) is 10.0 Å². The van der Waals surface area contributed by atoms with Gasteiger partial charge in [-0.1, -0.05) is 6.07 Å². The highest BCUT2D eigenvalue weighted by atomic mass is 32.2. The predicted octanol–water partition coefficient (Wildman–Crippen LogP) is 2.62. The molecule has 0 aliphatic carbocycles. The molecule has 1 rings (SSSR count). The van der Waals surface area contributed by atoms with Crippen LogP contribution in [0, 0.1) is 6.92 Å². The van der Waals surface area contributed by atoms with Crippen molar-refractivity contribution >= 4 is 28.1 Å². The fourth-order valence-corrected chi connectivity index (χ4v) is 2.77. The van der Waals surface area contributed by atoms with Crippen LogP contribution in [0.5, 0.6) is 0 Å². The topological polar surface area (TPSA) is 88.1 Å². The van der Waals surface area contributed by atoms with Gasteiger partial charge < -0.3 is 9.64 Å². The van der Waals surface area contributed by atoms with Crippen molar-refractivity contribution in [1.29, 1.82) is 0 Å². The Balaban J connectivity index is 3.07. The van der Waals surface area contributed by atoms with Crippen molar-refractivity contribution in [3.05, 3.63) is 23.8 Å². The average molecular weight is 341 g/mol. The zero-order chi connectivity index (χ0) is 17.8. The summed E-state index contributed by atoms with van der Waals surface area (Å²) in [7, 11) is -0.498. The van der Waals surface area contributed by atoms with Crippen LogP contribution < -0.4 is 5.32 Å². The van der Waals surface area contributed by atoms with Crippen molar-refractivity contribution in [3.8, 4) is 0 Å². The number of rotatable bonds is 4. The highest BCUT2D eigenvalue weighted by molar-refractivity contribution is 7.90. The summed E-state index contributed by atoms with van der Waals surface area (Å²) in [5.74, 6) is 0. The van der Waals surface area contributed by atoms with E-state index in [2.05, 4.69) is 9.71 Å². The number of carbonyl (C=O) groups excluding carboxylic acids is 1. The van der Waals surface area contributed by atoms with Crippen molar-refractivity contribution in [2.75, 3.05) is 19.4 Å². The number of carbonyl (C=O) groups is 1. The Hall–Kier alpha value is -2.09. The molecule has 0 aromatic heterocycles. The van der Waals surface area contributed by atoms with Crippen LogP contribution in [0.1, 0.15) is 26.3 Å². The summed E-state index contributed by atoms with van der Waals surface area (Å²) in [5, 5.41) is 2.52. The molecule has 1 amide bonds. The minimum absolute atomic E-state index is 0.0316. The van der Waals surface area contributed by atoms with Crippen LogP contribution in [0.15, 0.2) is 27.5 Å². The summed E-state index contributed by atoms with van der Waals surface area (Å²) in [6.45, 7) is 6.89. The monoisotopic (exact) mass is 341 g/mol. The molecular formula is C15H23N3O4S. The fourth-order valence-electron chi connectivity index (χ4n) is 1.59. The normalized spacial score (nSPS) is 12.3. The van der Waals surface area contributed by atoms with Gasteiger partial charge in [-0.2, -0.15) is 8.42 Å². The van der Waals surface area contributed by atoms with Crippen molar-refractivity contribution in [2.45, 2.75) is 38.2 Å². The Morgan fingerprint density at radius 1 is 1.30 bits per heavy atom. The third-order valence-corrected chi connectivity index (χ3v) is 3.90. The highest BCUT2D eigenvalue weighted by Crippen LogP contribution is 2.22. The molecule has 0 aliphatic heterocycles. The molecule has 0 bridgehead atoms. The fraction of sp³-hybridized carbons (Fsp3) is 0.467. The highest BCUT2D eigenvalue weighted by Gasteiger charge is 2.19. The molecule has 1 aromatic carbocycles.